The lowest BCUT2D eigenvalue weighted by molar-refractivity contribution is 0.268. The summed E-state index contributed by atoms with van der Waals surface area (Å²) >= 11 is 0. The van der Waals surface area contributed by atoms with Crippen molar-refractivity contribution in [2.45, 2.75) is 44.6 Å². The lowest BCUT2D eigenvalue weighted by Crippen LogP contribution is -2.43. The summed E-state index contributed by atoms with van der Waals surface area (Å²) in [4.78, 5) is 0. The Morgan fingerprint density at radius 2 is 1.92 bits per heavy atom. The predicted octanol–water partition coefficient (Wildman–Crippen LogP) is 5.14. The second-order valence-corrected chi connectivity index (χ2v) is 7.89. The van der Waals surface area contributed by atoms with E-state index in [0.717, 1.165) is 6.42 Å². The summed E-state index contributed by atoms with van der Waals surface area (Å²) < 4.78 is 0. The van der Waals surface area contributed by atoms with Crippen molar-refractivity contribution in [3.05, 3.63) is 71.3 Å². The molecule has 2 aromatic carbocycles. The molecule has 0 aliphatic heterocycles. The Morgan fingerprint density at radius 3 is 2.65 bits per heavy atom. The van der Waals surface area contributed by atoms with Crippen LogP contribution in [0.2, 0.25) is 0 Å². The molecule has 26 heavy (non-hydrogen) atoms. The topological polar surface area (TPSA) is 32.3 Å². The van der Waals surface area contributed by atoms with Gasteiger partial charge >= 0.3 is 0 Å². The Kier molecular flexibility index (Phi) is 4.86. The maximum Gasteiger partial charge on any atom is 0.115 e. The Morgan fingerprint density at radius 1 is 1.12 bits per heavy atom. The van der Waals surface area contributed by atoms with Crippen molar-refractivity contribution < 1.29 is 5.11 Å². The highest BCUT2D eigenvalue weighted by molar-refractivity contribution is 5.80. The highest BCUT2D eigenvalue weighted by Crippen LogP contribution is 2.47. The first-order valence-electron chi connectivity index (χ1n) is 9.97. The van der Waals surface area contributed by atoms with Crippen LogP contribution in [-0.4, -0.2) is 18.2 Å². The van der Waals surface area contributed by atoms with Crippen LogP contribution in [0.1, 0.15) is 48.8 Å². The molecule has 4 atom stereocenters. The summed E-state index contributed by atoms with van der Waals surface area (Å²) in [5, 5.41) is 13.6. The van der Waals surface area contributed by atoms with Crippen molar-refractivity contribution in [1.29, 1.82) is 0 Å². The van der Waals surface area contributed by atoms with Gasteiger partial charge in [0, 0.05) is 12.0 Å². The minimum atomic E-state index is 0.397. The average molecular weight is 348 g/mol. The smallest absolute Gasteiger partial charge is 0.115 e. The molecule has 2 heteroatoms. The number of fused-ring (bicyclic) bond motifs is 1. The van der Waals surface area contributed by atoms with E-state index in [1.807, 2.05) is 12.1 Å². The van der Waals surface area contributed by atoms with Crippen LogP contribution in [0.3, 0.4) is 0 Å². The third-order valence-corrected chi connectivity index (χ3v) is 6.22. The fourth-order valence-corrected chi connectivity index (χ4v) is 4.99. The van der Waals surface area contributed by atoms with Gasteiger partial charge in [0.1, 0.15) is 5.75 Å². The van der Waals surface area contributed by atoms with Crippen molar-refractivity contribution in [2.24, 2.45) is 11.8 Å². The minimum Gasteiger partial charge on any atom is -0.508 e. The number of likely N-dealkylation sites (N-methyl/N-ethyl adjacent to an activating group) is 1. The zero-order valence-corrected chi connectivity index (χ0v) is 15.8. The minimum absolute atomic E-state index is 0.397. The number of aromatic hydroxyl groups is 1. The monoisotopic (exact) mass is 347 g/mol. The summed E-state index contributed by atoms with van der Waals surface area (Å²) in [6.45, 7) is 2.26. The molecule has 0 bridgehead atoms. The van der Waals surface area contributed by atoms with Crippen molar-refractivity contribution >= 4 is 5.57 Å². The van der Waals surface area contributed by atoms with E-state index in [2.05, 4.69) is 61.8 Å². The van der Waals surface area contributed by atoms with E-state index in [-0.39, 0.29) is 0 Å². The fraction of sp³-hybridized carbons (Fsp3) is 0.417. The molecule has 0 radical (unpaired) electrons. The molecule has 2 N–H and O–H groups in total. The Bertz CT molecular complexity index is 795. The number of hydrogen-bond donors (Lipinski definition) is 2. The van der Waals surface area contributed by atoms with Crippen LogP contribution < -0.4 is 5.32 Å². The third-order valence-electron chi connectivity index (χ3n) is 6.22. The summed E-state index contributed by atoms with van der Waals surface area (Å²) in [7, 11) is 2.10. The van der Waals surface area contributed by atoms with Gasteiger partial charge in [0.05, 0.1) is 0 Å². The van der Waals surface area contributed by atoms with E-state index in [0.29, 0.717) is 29.5 Å². The zero-order valence-electron chi connectivity index (χ0n) is 15.8. The standard InChI is InChI=1S/C24H29NO/c1-3-7-21-23-15-20(26)11-10-17(23)12-19(24(21)25-2)13-18-14-22(18)16-8-5-4-6-9-16/h4-6,8-11,14-15,18-19,21,24-26H,3,7,12-13H2,1-2H3/t18?,19-,21-,24+/m1/s1. The van der Waals surface area contributed by atoms with Crippen LogP contribution >= 0.6 is 0 Å². The van der Waals surface area contributed by atoms with Gasteiger partial charge in [-0.25, -0.2) is 0 Å². The van der Waals surface area contributed by atoms with Gasteiger partial charge in [-0.3, -0.25) is 0 Å². The zero-order chi connectivity index (χ0) is 18.1. The number of rotatable bonds is 6. The van der Waals surface area contributed by atoms with E-state index in [9.17, 15) is 5.11 Å². The highest BCUT2D eigenvalue weighted by Gasteiger charge is 2.39. The molecule has 136 valence electrons. The van der Waals surface area contributed by atoms with Gasteiger partial charge in [0.2, 0.25) is 0 Å². The molecular formula is C24H29NO. The normalized spacial score (nSPS) is 26.9. The Balaban J connectivity index is 1.54. The van der Waals surface area contributed by atoms with Crippen LogP contribution in [0.5, 0.6) is 5.75 Å². The largest absolute Gasteiger partial charge is 0.508 e. The molecular weight excluding hydrogens is 318 g/mol. The first kappa shape index (κ1) is 17.4. The summed E-state index contributed by atoms with van der Waals surface area (Å²) in [6.07, 6.45) is 7.09. The van der Waals surface area contributed by atoms with Gasteiger partial charge in [-0.2, -0.15) is 0 Å². The van der Waals surface area contributed by atoms with Gasteiger partial charge in [-0.05, 0) is 72.5 Å². The van der Waals surface area contributed by atoms with Gasteiger partial charge in [-0.15, -0.1) is 0 Å². The van der Waals surface area contributed by atoms with Crippen molar-refractivity contribution in [1.82, 2.24) is 5.32 Å². The van der Waals surface area contributed by atoms with Gasteiger partial charge in [-0.1, -0.05) is 55.8 Å². The maximum absolute atomic E-state index is 9.99. The van der Waals surface area contributed by atoms with Crippen molar-refractivity contribution in [3.63, 3.8) is 0 Å². The molecule has 2 aromatic rings. The van der Waals surface area contributed by atoms with E-state index in [1.54, 1.807) is 0 Å². The van der Waals surface area contributed by atoms with Crippen LogP contribution in [0.25, 0.3) is 5.57 Å². The van der Waals surface area contributed by atoms with Crippen molar-refractivity contribution in [3.8, 4) is 5.75 Å². The maximum atomic E-state index is 9.99. The third kappa shape index (κ3) is 3.31. The number of nitrogens with one attached hydrogen (secondary N) is 1. The molecule has 2 nitrogen and oxygen atoms in total. The van der Waals surface area contributed by atoms with Gasteiger partial charge in [0.15, 0.2) is 0 Å². The number of hydrogen-bond acceptors (Lipinski definition) is 2. The summed E-state index contributed by atoms with van der Waals surface area (Å²) in [6, 6.07) is 17.3. The molecule has 4 rings (SSSR count). The van der Waals surface area contributed by atoms with Crippen LogP contribution in [-0.2, 0) is 6.42 Å². The van der Waals surface area contributed by atoms with Crippen LogP contribution in [0.4, 0.5) is 0 Å². The average Bonchev–Trinajstić information content (AvgIpc) is 3.42. The number of phenols is 1. The van der Waals surface area contributed by atoms with Crippen LogP contribution in [0, 0.1) is 11.8 Å². The SMILES string of the molecule is CCC[C@@H]1c2cc(O)ccc2C[C@H](CC2C=C2c2ccccc2)[C@@H]1NC. The highest BCUT2D eigenvalue weighted by atomic mass is 16.3. The van der Waals surface area contributed by atoms with Crippen molar-refractivity contribution in [2.75, 3.05) is 7.05 Å². The van der Waals surface area contributed by atoms with E-state index in [4.69, 9.17) is 0 Å². The number of phenolic OH excluding ortho intramolecular Hbond substituents is 1. The molecule has 1 unspecified atom stereocenters. The molecule has 2 aliphatic rings. The summed E-state index contributed by atoms with van der Waals surface area (Å²) in [5.41, 5.74) is 5.68. The number of allylic oxidation sites excluding steroid dienone is 2. The fourth-order valence-electron chi connectivity index (χ4n) is 4.99. The van der Waals surface area contributed by atoms with E-state index >= 15 is 0 Å². The van der Waals surface area contributed by atoms with Gasteiger partial charge < -0.3 is 10.4 Å². The molecule has 0 fully saturated rings. The molecule has 0 saturated heterocycles. The molecule has 0 spiro atoms. The molecule has 0 amide bonds. The van der Waals surface area contributed by atoms with E-state index in [1.165, 1.54) is 41.5 Å². The summed E-state index contributed by atoms with van der Waals surface area (Å²) in [5.74, 6) is 2.15. The lowest BCUT2D eigenvalue weighted by Gasteiger charge is -2.40. The molecule has 0 saturated carbocycles. The van der Waals surface area contributed by atoms with Crippen LogP contribution in [0.15, 0.2) is 54.6 Å². The first-order valence-corrected chi connectivity index (χ1v) is 9.97. The lowest BCUT2D eigenvalue weighted by atomic mass is 9.69. The predicted molar refractivity (Wildman–Crippen MR) is 108 cm³/mol. The Hall–Kier alpha value is -2.06. The second-order valence-electron chi connectivity index (χ2n) is 7.89. The van der Waals surface area contributed by atoms with Gasteiger partial charge in [0.25, 0.3) is 0 Å². The number of benzene rings is 2. The molecule has 2 aliphatic carbocycles. The molecule has 0 heterocycles. The quantitative estimate of drug-likeness (QED) is 0.758. The van der Waals surface area contributed by atoms with E-state index < -0.39 is 0 Å². The second kappa shape index (κ2) is 7.28. The first-order chi connectivity index (χ1) is 12.7. The Labute approximate surface area is 157 Å². The molecule has 0 aromatic heterocycles.